The summed E-state index contributed by atoms with van der Waals surface area (Å²) in [5, 5.41) is 17.4. The lowest BCUT2D eigenvalue weighted by Gasteiger charge is -2.16. The van der Waals surface area contributed by atoms with Gasteiger partial charge in [-0.2, -0.15) is 0 Å². The van der Waals surface area contributed by atoms with Gasteiger partial charge in [-0.1, -0.05) is 6.92 Å². The van der Waals surface area contributed by atoms with E-state index in [4.69, 9.17) is 10.2 Å². The first-order valence-electron chi connectivity index (χ1n) is 6.38. The second-order valence-electron chi connectivity index (χ2n) is 4.28. The van der Waals surface area contributed by atoms with Gasteiger partial charge in [0.25, 0.3) is 0 Å². The number of aliphatic carboxylic acids is 2. The van der Waals surface area contributed by atoms with E-state index >= 15 is 0 Å². The summed E-state index contributed by atoms with van der Waals surface area (Å²) in [4.78, 5) is 41.7. The van der Waals surface area contributed by atoms with Gasteiger partial charge in [-0.25, -0.2) is 4.79 Å². The molecule has 0 spiro atoms. The molecule has 0 bridgehead atoms. The summed E-state index contributed by atoms with van der Waals surface area (Å²) in [6, 6.07) is 0. The molecule has 128 valence electrons. The molecule has 2 atom stereocenters. The van der Waals surface area contributed by atoms with Gasteiger partial charge in [-0.15, -0.1) is 0 Å². The molecule has 0 radical (unpaired) electrons. The van der Waals surface area contributed by atoms with Gasteiger partial charge < -0.3 is 24.6 Å². The number of hydrogen-bond acceptors (Lipinski definition) is 7. The van der Waals surface area contributed by atoms with Crippen LogP contribution in [0.15, 0.2) is 0 Å². The third kappa shape index (κ3) is 10.1. The summed E-state index contributed by atoms with van der Waals surface area (Å²) in [5.74, 6) is -4.00. The summed E-state index contributed by atoms with van der Waals surface area (Å²) in [7, 11) is -4.35. The van der Waals surface area contributed by atoms with E-state index in [2.05, 4.69) is 14.0 Å². The van der Waals surface area contributed by atoms with Crippen molar-refractivity contribution in [3.05, 3.63) is 0 Å². The number of carbonyl (C=O) groups is 3. The van der Waals surface area contributed by atoms with Gasteiger partial charge in [0.1, 0.15) is 0 Å². The summed E-state index contributed by atoms with van der Waals surface area (Å²) in [5.41, 5.74) is 0. The van der Waals surface area contributed by atoms with E-state index in [-0.39, 0.29) is 13.0 Å². The summed E-state index contributed by atoms with van der Waals surface area (Å²) < 4.78 is 25.0. The Morgan fingerprint density at radius 3 is 2.32 bits per heavy atom. The SMILES string of the molecule is CCCOC(=O)OCOP(=O)(O)CC(CCC(=O)O)C(=O)O. The average Bonchev–Trinajstić information content (AvgIpc) is 2.40. The molecule has 0 aromatic carbocycles. The van der Waals surface area contributed by atoms with E-state index in [1.807, 2.05) is 0 Å². The first-order chi connectivity index (χ1) is 10.2. The van der Waals surface area contributed by atoms with Crippen LogP contribution in [-0.2, 0) is 28.2 Å². The van der Waals surface area contributed by atoms with E-state index in [1.54, 1.807) is 6.92 Å². The molecule has 0 aromatic heterocycles. The fourth-order valence-electron chi connectivity index (χ4n) is 1.31. The van der Waals surface area contributed by atoms with Gasteiger partial charge in [0, 0.05) is 6.42 Å². The highest BCUT2D eigenvalue weighted by atomic mass is 31.2. The van der Waals surface area contributed by atoms with E-state index in [9.17, 15) is 23.8 Å². The van der Waals surface area contributed by atoms with Crippen molar-refractivity contribution in [3.8, 4) is 0 Å². The Bertz CT molecular complexity index is 435. The second kappa shape index (κ2) is 10.1. The number of rotatable bonds is 11. The molecule has 0 heterocycles. The van der Waals surface area contributed by atoms with Crippen LogP contribution in [0.2, 0.25) is 0 Å². The maximum Gasteiger partial charge on any atom is 0.510 e. The zero-order valence-electron chi connectivity index (χ0n) is 12.0. The highest BCUT2D eigenvalue weighted by Gasteiger charge is 2.30. The number of carboxylic acids is 2. The van der Waals surface area contributed by atoms with Gasteiger partial charge in [0.15, 0.2) is 0 Å². The van der Waals surface area contributed by atoms with Crippen LogP contribution in [0, 0.1) is 5.92 Å². The molecule has 2 unspecified atom stereocenters. The Kier molecular flexibility index (Phi) is 9.39. The standard InChI is InChI=1S/C11H19O10P/c1-2-5-19-11(16)20-7-21-22(17,18)6-8(10(14)15)3-4-9(12)13/h8H,2-7H2,1H3,(H,12,13)(H,14,15)(H,17,18). The van der Waals surface area contributed by atoms with Crippen LogP contribution in [0.5, 0.6) is 0 Å². The third-order valence-electron chi connectivity index (χ3n) is 2.36. The molecule has 0 aromatic rings. The molecule has 22 heavy (non-hydrogen) atoms. The zero-order valence-corrected chi connectivity index (χ0v) is 12.9. The Hall–Kier alpha value is -1.64. The Morgan fingerprint density at radius 2 is 1.82 bits per heavy atom. The normalized spacial score (nSPS) is 14.6. The van der Waals surface area contributed by atoms with Gasteiger partial charge in [-0.05, 0) is 12.8 Å². The molecule has 0 fully saturated rings. The van der Waals surface area contributed by atoms with E-state index in [0.717, 1.165) is 0 Å². The number of hydrogen-bond donors (Lipinski definition) is 3. The smallest absolute Gasteiger partial charge is 0.481 e. The number of carboxylic acid groups (broad SMARTS) is 2. The van der Waals surface area contributed by atoms with Crippen LogP contribution < -0.4 is 0 Å². The molecule has 11 heteroatoms. The fourth-order valence-corrected chi connectivity index (χ4v) is 2.52. The van der Waals surface area contributed by atoms with Crippen LogP contribution in [-0.4, -0.2) is 52.8 Å². The molecule has 3 N–H and O–H groups in total. The lowest BCUT2D eigenvalue weighted by atomic mass is 10.1. The molecular formula is C11H19O10P. The number of carbonyl (C=O) groups excluding carboxylic acids is 1. The molecule has 0 saturated carbocycles. The number of ether oxygens (including phenoxy) is 2. The van der Waals surface area contributed by atoms with Crippen molar-refractivity contribution >= 4 is 25.7 Å². The average molecular weight is 342 g/mol. The van der Waals surface area contributed by atoms with Crippen LogP contribution in [0.4, 0.5) is 4.79 Å². The van der Waals surface area contributed by atoms with Crippen molar-refractivity contribution in [3.63, 3.8) is 0 Å². The van der Waals surface area contributed by atoms with E-state index in [0.29, 0.717) is 6.42 Å². The second-order valence-corrected chi connectivity index (χ2v) is 6.18. The van der Waals surface area contributed by atoms with Crippen LogP contribution in [0.1, 0.15) is 26.2 Å². The predicted octanol–water partition coefficient (Wildman–Crippen LogP) is 1.27. The van der Waals surface area contributed by atoms with Gasteiger partial charge in [-0.3, -0.25) is 18.7 Å². The quantitative estimate of drug-likeness (QED) is 0.284. The largest absolute Gasteiger partial charge is 0.510 e. The highest BCUT2D eigenvalue weighted by molar-refractivity contribution is 7.52. The summed E-state index contributed by atoms with van der Waals surface area (Å²) in [6.45, 7) is 1.00. The minimum absolute atomic E-state index is 0.117. The molecule has 0 saturated heterocycles. The van der Waals surface area contributed by atoms with Crippen LogP contribution in [0.25, 0.3) is 0 Å². The fraction of sp³-hybridized carbons (Fsp3) is 0.727. The van der Waals surface area contributed by atoms with Gasteiger partial charge in [0.05, 0.1) is 18.7 Å². The van der Waals surface area contributed by atoms with E-state index in [1.165, 1.54) is 0 Å². The topological polar surface area (TPSA) is 157 Å². The van der Waals surface area contributed by atoms with Crippen molar-refractivity contribution in [2.24, 2.45) is 5.92 Å². The molecule has 0 aliphatic carbocycles. The maximum absolute atomic E-state index is 11.7. The molecular weight excluding hydrogens is 323 g/mol. The van der Waals surface area contributed by atoms with Crippen molar-refractivity contribution < 1.29 is 48.1 Å². The summed E-state index contributed by atoms with van der Waals surface area (Å²) in [6.07, 6.45) is -2.08. The Morgan fingerprint density at radius 1 is 1.18 bits per heavy atom. The highest BCUT2D eigenvalue weighted by Crippen LogP contribution is 2.44. The zero-order chi connectivity index (χ0) is 17.2. The first kappa shape index (κ1) is 20.4. The minimum Gasteiger partial charge on any atom is -0.481 e. The predicted molar refractivity (Wildman–Crippen MR) is 71.4 cm³/mol. The lowest BCUT2D eigenvalue weighted by Crippen LogP contribution is -2.20. The van der Waals surface area contributed by atoms with Gasteiger partial charge >= 0.3 is 25.7 Å². The van der Waals surface area contributed by atoms with Crippen molar-refractivity contribution in [2.45, 2.75) is 26.2 Å². The van der Waals surface area contributed by atoms with Crippen molar-refractivity contribution in [1.82, 2.24) is 0 Å². The van der Waals surface area contributed by atoms with Gasteiger partial charge in [0.2, 0.25) is 6.79 Å². The van der Waals surface area contributed by atoms with Crippen molar-refractivity contribution in [1.29, 1.82) is 0 Å². The van der Waals surface area contributed by atoms with E-state index < -0.39 is 51.0 Å². The Balaban J connectivity index is 4.28. The van der Waals surface area contributed by atoms with Crippen LogP contribution >= 0.6 is 7.60 Å². The maximum atomic E-state index is 11.7. The molecule has 10 nitrogen and oxygen atoms in total. The van der Waals surface area contributed by atoms with Crippen molar-refractivity contribution in [2.75, 3.05) is 19.6 Å². The summed E-state index contributed by atoms with van der Waals surface area (Å²) >= 11 is 0. The molecule has 0 rings (SSSR count). The molecule has 0 aliphatic rings. The minimum atomic E-state index is -4.35. The lowest BCUT2D eigenvalue weighted by molar-refractivity contribution is -0.142. The molecule has 0 amide bonds. The molecule has 0 aliphatic heterocycles. The first-order valence-corrected chi connectivity index (χ1v) is 8.14. The monoisotopic (exact) mass is 342 g/mol. The van der Waals surface area contributed by atoms with Crippen LogP contribution in [0.3, 0.4) is 0 Å². The Labute approximate surface area is 126 Å². The third-order valence-corrected chi connectivity index (χ3v) is 3.77.